The van der Waals surface area contributed by atoms with E-state index in [-0.39, 0.29) is 23.0 Å². The standard InChI is InChI=1S/C21H21F3N6O/c1-11-7-13(21(22,23)24)8-18(31)19(11)16-5-3-12(20(25)27-16)10-26-14-4-6-15-17(9-14)30(2)29-28-15/h3,5,7-8,10,14,31H,4,6,9H2,1-2H3,(H2,25,27). The quantitative estimate of drug-likeness (QED) is 0.620. The SMILES string of the molecule is Cc1cc(C(F)(F)F)cc(O)c1-c1ccc(C=NC2CCc3nnn(C)c3C2)c(N)n1. The van der Waals surface area contributed by atoms with Crippen molar-refractivity contribution in [2.45, 2.75) is 38.4 Å². The molecule has 2 heterocycles. The summed E-state index contributed by atoms with van der Waals surface area (Å²) in [5.41, 5.74) is 8.59. The first-order valence-electron chi connectivity index (χ1n) is 9.71. The number of aromatic hydroxyl groups is 1. The molecule has 162 valence electrons. The third kappa shape index (κ3) is 4.10. The van der Waals surface area contributed by atoms with Gasteiger partial charge in [-0.15, -0.1) is 5.10 Å². The van der Waals surface area contributed by atoms with E-state index >= 15 is 0 Å². The van der Waals surface area contributed by atoms with E-state index in [9.17, 15) is 18.3 Å². The highest BCUT2D eigenvalue weighted by Gasteiger charge is 2.32. The van der Waals surface area contributed by atoms with E-state index in [4.69, 9.17) is 5.73 Å². The van der Waals surface area contributed by atoms with Gasteiger partial charge in [-0.25, -0.2) is 4.98 Å². The van der Waals surface area contributed by atoms with Crippen molar-refractivity contribution in [3.8, 4) is 17.0 Å². The van der Waals surface area contributed by atoms with Gasteiger partial charge in [-0.05, 0) is 49.6 Å². The Morgan fingerprint density at radius 1 is 1.29 bits per heavy atom. The lowest BCUT2D eigenvalue weighted by atomic mass is 9.96. The van der Waals surface area contributed by atoms with Gasteiger partial charge in [0.15, 0.2) is 0 Å². The van der Waals surface area contributed by atoms with Crippen LogP contribution >= 0.6 is 0 Å². The summed E-state index contributed by atoms with van der Waals surface area (Å²) in [5, 5.41) is 18.4. The molecule has 31 heavy (non-hydrogen) atoms. The predicted molar refractivity (Wildman–Crippen MR) is 110 cm³/mol. The maximum atomic E-state index is 13.0. The highest BCUT2D eigenvalue weighted by Crippen LogP contribution is 2.38. The summed E-state index contributed by atoms with van der Waals surface area (Å²) in [4.78, 5) is 8.91. The van der Waals surface area contributed by atoms with Crippen LogP contribution in [-0.4, -0.2) is 37.3 Å². The molecule has 1 aromatic carbocycles. The number of aromatic nitrogens is 4. The van der Waals surface area contributed by atoms with Crippen molar-refractivity contribution < 1.29 is 18.3 Å². The van der Waals surface area contributed by atoms with Crippen LogP contribution in [-0.2, 0) is 26.1 Å². The van der Waals surface area contributed by atoms with Gasteiger partial charge in [-0.3, -0.25) is 9.67 Å². The number of nitrogens with zero attached hydrogens (tertiary/aromatic N) is 5. The molecule has 1 unspecified atom stereocenters. The predicted octanol–water partition coefficient (Wildman–Crippen LogP) is 3.47. The van der Waals surface area contributed by atoms with E-state index in [0.717, 1.165) is 36.7 Å². The smallest absolute Gasteiger partial charge is 0.416 e. The summed E-state index contributed by atoms with van der Waals surface area (Å²) < 4.78 is 40.6. The molecule has 1 atom stereocenters. The largest absolute Gasteiger partial charge is 0.507 e. The number of halogens is 3. The van der Waals surface area contributed by atoms with Crippen molar-refractivity contribution in [2.75, 3.05) is 5.73 Å². The van der Waals surface area contributed by atoms with Gasteiger partial charge < -0.3 is 10.8 Å². The highest BCUT2D eigenvalue weighted by atomic mass is 19.4. The highest BCUT2D eigenvalue weighted by molar-refractivity contribution is 5.87. The third-order valence-corrected chi connectivity index (χ3v) is 5.45. The molecule has 0 aliphatic heterocycles. The summed E-state index contributed by atoms with van der Waals surface area (Å²) in [6.45, 7) is 1.49. The topological polar surface area (TPSA) is 102 Å². The molecule has 0 amide bonds. The molecule has 1 aliphatic rings. The monoisotopic (exact) mass is 430 g/mol. The van der Waals surface area contributed by atoms with Crippen LogP contribution in [0.4, 0.5) is 19.0 Å². The van der Waals surface area contributed by atoms with Crippen molar-refractivity contribution in [2.24, 2.45) is 12.0 Å². The number of pyridine rings is 1. The Bertz CT molecular complexity index is 1150. The first-order valence-corrected chi connectivity index (χ1v) is 9.71. The minimum absolute atomic E-state index is 0.0741. The summed E-state index contributed by atoms with van der Waals surface area (Å²) >= 11 is 0. The molecule has 4 rings (SSSR count). The van der Waals surface area contributed by atoms with Gasteiger partial charge in [0.05, 0.1) is 28.7 Å². The number of rotatable bonds is 3. The Labute approximate surface area is 176 Å². The number of nitrogens with two attached hydrogens (primary N) is 1. The minimum Gasteiger partial charge on any atom is -0.507 e. The molecule has 7 nitrogen and oxygen atoms in total. The lowest BCUT2D eigenvalue weighted by Crippen LogP contribution is -2.19. The molecule has 3 aromatic rings. The van der Waals surface area contributed by atoms with Crippen molar-refractivity contribution in [3.63, 3.8) is 0 Å². The molecule has 0 radical (unpaired) electrons. The number of alkyl halides is 3. The second-order valence-electron chi connectivity index (χ2n) is 7.64. The minimum atomic E-state index is -4.54. The van der Waals surface area contributed by atoms with E-state index < -0.39 is 17.5 Å². The van der Waals surface area contributed by atoms with Crippen LogP contribution in [0.2, 0.25) is 0 Å². The number of aliphatic imine (C=N–C) groups is 1. The lowest BCUT2D eigenvalue weighted by Gasteiger charge is -2.18. The van der Waals surface area contributed by atoms with Crippen molar-refractivity contribution in [1.29, 1.82) is 0 Å². The zero-order valence-corrected chi connectivity index (χ0v) is 17.0. The summed E-state index contributed by atoms with van der Waals surface area (Å²) in [7, 11) is 1.86. The summed E-state index contributed by atoms with van der Waals surface area (Å²) in [6.07, 6.45) is -0.486. The molecule has 2 aromatic heterocycles. The second kappa shape index (κ2) is 7.68. The maximum absolute atomic E-state index is 13.0. The summed E-state index contributed by atoms with van der Waals surface area (Å²) in [5.74, 6) is -0.318. The number of aryl methyl sites for hydroxylation is 3. The number of anilines is 1. The van der Waals surface area contributed by atoms with Crippen molar-refractivity contribution in [3.05, 3.63) is 52.3 Å². The Hall–Kier alpha value is -3.43. The van der Waals surface area contributed by atoms with E-state index in [2.05, 4.69) is 20.3 Å². The van der Waals surface area contributed by atoms with Crippen LogP contribution in [0.25, 0.3) is 11.3 Å². The van der Waals surface area contributed by atoms with Crippen LogP contribution in [0.5, 0.6) is 5.75 Å². The zero-order valence-electron chi connectivity index (χ0n) is 17.0. The lowest BCUT2D eigenvalue weighted by molar-refractivity contribution is -0.137. The number of hydrogen-bond acceptors (Lipinski definition) is 6. The van der Waals surface area contributed by atoms with Crippen LogP contribution in [0.15, 0.2) is 29.3 Å². The maximum Gasteiger partial charge on any atom is 0.416 e. The number of nitrogen functional groups attached to an aromatic ring is 1. The van der Waals surface area contributed by atoms with Crippen LogP contribution < -0.4 is 5.73 Å². The van der Waals surface area contributed by atoms with E-state index in [1.165, 1.54) is 6.92 Å². The molecule has 10 heteroatoms. The van der Waals surface area contributed by atoms with E-state index in [0.29, 0.717) is 17.3 Å². The molecular formula is C21H21F3N6O. The molecular weight excluding hydrogens is 409 g/mol. The van der Waals surface area contributed by atoms with Crippen LogP contribution in [0.3, 0.4) is 0 Å². The van der Waals surface area contributed by atoms with Crippen molar-refractivity contribution >= 4 is 12.0 Å². The molecule has 0 saturated carbocycles. The number of hydrogen-bond donors (Lipinski definition) is 2. The Kier molecular flexibility index (Phi) is 5.16. The molecule has 3 N–H and O–H groups in total. The fourth-order valence-corrected chi connectivity index (χ4v) is 3.80. The van der Waals surface area contributed by atoms with Crippen LogP contribution in [0, 0.1) is 6.92 Å². The third-order valence-electron chi connectivity index (χ3n) is 5.45. The molecule has 0 fully saturated rings. The average Bonchev–Trinajstić information content (AvgIpc) is 3.06. The molecule has 1 aliphatic carbocycles. The van der Waals surface area contributed by atoms with E-state index in [1.54, 1.807) is 23.0 Å². The number of benzene rings is 1. The van der Waals surface area contributed by atoms with Gasteiger partial charge >= 0.3 is 6.18 Å². The normalized spacial score (nSPS) is 16.6. The molecule has 0 saturated heterocycles. The first-order chi connectivity index (χ1) is 14.6. The molecule has 0 spiro atoms. The van der Waals surface area contributed by atoms with Gasteiger partial charge in [-0.1, -0.05) is 5.21 Å². The first kappa shape index (κ1) is 20.8. The number of fused-ring (bicyclic) bond motifs is 1. The van der Waals surface area contributed by atoms with Gasteiger partial charge in [0.1, 0.15) is 11.6 Å². The Balaban J connectivity index is 1.57. The van der Waals surface area contributed by atoms with Gasteiger partial charge in [0, 0.05) is 30.8 Å². The zero-order chi connectivity index (χ0) is 22.3. The Morgan fingerprint density at radius 3 is 2.74 bits per heavy atom. The van der Waals surface area contributed by atoms with E-state index in [1.807, 2.05) is 7.05 Å². The van der Waals surface area contributed by atoms with Gasteiger partial charge in [-0.2, -0.15) is 13.2 Å². The van der Waals surface area contributed by atoms with Crippen molar-refractivity contribution in [1.82, 2.24) is 20.0 Å². The second-order valence-corrected chi connectivity index (χ2v) is 7.64. The van der Waals surface area contributed by atoms with Crippen LogP contribution in [0.1, 0.15) is 34.5 Å². The Morgan fingerprint density at radius 2 is 2.06 bits per heavy atom. The average molecular weight is 430 g/mol. The van der Waals surface area contributed by atoms with Gasteiger partial charge in [0.25, 0.3) is 0 Å². The fourth-order valence-electron chi connectivity index (χ4n) is 3.80. The molecule has 0 bridgehead atoms. The van der Waals surface area contributed by atoms with Gasteiger partial charge in [0.2, 0.25) is 0 Å². The number of phenolic OH excluding ortho intramolecular Hbond substituents is 1. The fraction of sp³-hybridized carbons (Fsp3) is 0.333. The summed E-state index contributed by atoms with van der Waals surface area (Å²) in [6, 6.07) is 5.05. The number of phenols is 1.